The van der Waals surface area contributed by atoms with Crippen LogP contribution in [0.15, 0.2) is 46.9 Å². The highest BCUT2D eigenvalue weighted by atomic mass is 79.9. The second-order valence-electron chi connectivity index (χ2n) is 6.43. The second kappa shape index (κ2) is 10.9. The summed E-state index contributed by atoms with van der Waals surface area (Å²) in [6, 6.07) is 11.7. The quantitative estimate of drug-likeness (QED) is 0.433. The topological polar surface area (TPSA) is 76.7 Å². The van der Waals surface area contributed by atoms with E-state index in [1.54, 1.807) is 42.5 Å². The van der Waals surface area contributed by atoms with E-state index in [9.17, 15) is 9.59 Å². The normalized spacial score (nSPS) is 10.4. The van der Waals surface area contributed by atoms with Gasteiger partial charge in [0.15, 0.2) is 5.11 Å². The van der Waals surface area contributed by atoms with E-state index < -0.39 is 0 Å². The molecule has 2 aromatic carbocycles. The first-order valence-electron chi connectivity index (χ1n) is 9.16. The van der Waals surface area contributed by atoms with Gasteiger partial charge in [0.2, 0.25) is 0 Å². The molecule has 0 unspecified atom stereocenters. The van der Waals surface area contributed by atoms with Gasteiger partial charge in [-0.05, 0) is 90.9 Å². The van der Waals surface area contributed by atoms with Crippen molar-refractivity contribution in [1.29, 1.82) is 0 Å². The Kier molecular flexibility index (Phi) is 8.60. The van der Waals surface area contributed by atoms with Gasteiger partial charge in [0.25, 0.3) is 5.91 Å². The van der Waals surface area contributed by atoms with Gasteiger partial charge in [-0.2, -0.15) is 0 Å². The summed E-state index contributed by atoms with van der Waals surface area (Å²) in [5.74, 6) is -0.0568. The molecule has 1 amide bonds. The molecule has 29 heavy (non-hydrogen) atoms. The molecule has 0 saturated heterocycles. The van der Waals surface area contributed by atoms with Crippen LogP contribution in [0.2, 0.25) is 0 Å². The number of halogens is 1. The van der Waals surface area contributed by atoms with Crippen molar-refractivity contribution < 1.29 is 19.1 Å². The number of benzene rings is 2. The molecule has 0 aromatic heterocycles. The van der Waals surface area contributed by atoms with Crippen molar-refractivity contribution in [2.45, 2.75) is 33.3 Å². The number of esters is 1. The highest BCUT2D eigenvalue weighted by molar-refractivity contribution is 9.10. The Labute approximate surface area is 184 Å². The van der Waals surface area contributed by atoms with Crippen LogP contribution >= 0.6 is 28.1 Å². The maximum absolute atomic E-state index is 12.4. The van der Waals surface area contributed by atoms with Crippen LogP contribution in [0.1, 0.15) is 47.9 Å². The van der Waals surface area contributed by atoms with Crippen molar-refractivity contribution in [2.24, 2.45) is 0 Å². The lowest BCUT2D eigenvalue weighted by molar-refractivity contribution is 0.0505. The maximum atomic E-state index is 12.4. The Morgan fingerprint density at radius 3 is 2.34 bits per heavy atom. The fraction of sp³-hybridized carbons (Fsp3) is 0.286. The lowest BCUT2D eigenvalue weighted by atomic mass is 10.2. The molecule has 6 nitrogen and oxygen atoms in total. The van der Waals surface area contributed by atoms with Crippen molar-refractivity contribution in [3.05, 3.63) is 58.1 Å². The maximum Gasteiger partial charge on any atom is 0.338 e. The average Bonchev–Trinajstić information content (AvgIpc) is 2.67. The van der Waals surface area contributed by atoms with Gasteiger partial charge < -0.3 is 14.8 Å². The van der Waals surface area contributed by atoms with Crippen LogP contribution in [0.5, 0.6) is 5.75 Å². The molecule has 0 aliphatic rings. The van der Waals surface area contributed by atoms with Gasteiger partial charge in [0.05, 0.1) is 22.7 Å². The summed E-state index contributed by atoms with van der Waals surface area (Å²) in [6.45, 7) is 6.17. The fourth-order valence-electron chi connectivity index (χ4n) is 2.30. The Morgan fingerprint density at radius 2 is 1.76 bits per heavy atom. The lowest BCUT2D eigenvalue weighted by Gasteiger charge is -2.13. The zero-order chi connectivity index (χ0) is 21.4. The Balaban J connectivity index is 1.94. The highest BCUT2D eigenvalue weighted by Crippen LogP contribution is 2.27. The van der Waals surface area contributed by atoms with E-state index in [1.165, 1.54) is 0 Å². The fourth-order valence-corrected chi connectivity index (χ4v) is 2.98. The van der Waals surface area contributed by atoms with E-state index in [4.69, 9.17) is 21.7 Å². The smallest absolute Gasteiger partial charge is 0.338 e. The minimum absolute atomic E-state index is 0.0302. The first kappa shape index (κ1) is 22.8. The van der Waals surface area contributed by atoms with Crippen LogP contribution in [0.4, 0.5) is 5.69 Å². The summed E-state index contributed by atoms with van der Waals surface area (Å²) in [6.07, 6.45) is 0.797. The number of hydrogen-bond donors (Lipinski definition) is 2. The molecular weight excluding hydrogens is 456 g/mol. The van der Waals surface area contributed by atoms with Gasteiger partial charge in [-0.3, -0.25) is 10.1 Å². The zero-order valence-electron chi connectivity index (χ0n) is 16.5. The monoisotopic (exact) mass is 478 g/mol. The van der Waals surface area contributed by atoms with Crippen LogP contribution in [0, 0.1) is 0 Å². The molecule has 8 heteroatoms. The van der Waals surface area contributed by atoms with Gasteiger partial charge >= 0.3 is 5.97 Å². The molecule has 0 atom stereocenters. The Morgan fingerprint density at radius 1 is 1.10 bits per heavy atom. The molecular formula is C21H23BrN2O4S. The Bertz CT molecular complexity index is 885. The van der Waals surface area contributed by atoms with Gasteiger partial charge in [-0.1, -0.05) is 6.92 Å². The molecule has 154 valence electrons. The number of carbonyl (C=O) groups excluding carboxylic acids is 2. The molecule has 0 heterocycles. The number of rotatable bonds is 7. The molecule has 2 aromatic rings. The van der Waals surface area contributed by atoms with Crippen LogP contribution < -0.4 is 15.4 Å². The molecule has 2 N–H and O–H groups in total. The van der Waals surface area contributed by atoms with Crippen LogP contribution in [0.25, 0.3) is 0 Å². The summed E-state index contributed by atoms with van der Waals surface area (Å²) in [5.41, 5.74) is 1.53. The van der Waals surface area contributed by atoms with E-state index in [0.29, 0.717) is 33.6 Å². The van der Waals surface area contributed by atoms with Crippen LogP contribution in [0.3, 0.4) is 0 Å². The minimum atomic E-state index is -0.371. The van der Waals surface area contributed by atoms with Gasteiger partial charge in [0.1, 0.15) is 5.75 Å². The first-order valence-corrected chi connectivity index (χ1v) is 10.4. The Hall–Kier alpha value is -2.45. The minimum Gasteiger partial charge on any atom is -0.490 e. The second-order valence-corrected chi connectivity index (χ2v) is 7.70. The van der Waals surface area contributed by atoms with E-state index >= 15 is 0 Å². The predicted molar refractivity (Wildman–Crippen MR) is 121 cm³/mol. The third-order valence-corrected chi connectivity index (χ3v) is 4.42. The first-order chi connectivity index (χ1) is 13.8. The molecule has 0 spiro atoms. The SMILES string of the molecule is CCCOC(=O)c1ccc(NC(=S)NC(=O)c2ccc(OC(C)C)c(Br)c2)cc1. The number of carbonyl (C=O) groups is 2. The largest absolute Gasteiger partial charge is 0.490 e. The summed E-state index contributed by atoms with van der Waals surface area (Å²) in [4.78, 5) is 24.2. The third-order valence-electron chi connectivity index (χ3n) is 3.60. The summed E-state index contributed by atoms with van der Waals surface area (Å²) >= 11 is 8.61. The summed E-state index contributed by atoms with van der Waals surface area (Å²) in [5, 5.41) is 5.69. The number of anilines is 1. The standard InChI is InChI=1S/C21H23BrN2O4S/c1-4-11-27-20(26)14-5-8-16(9-6-14)23-21(29)24-19(25)15-7-10-18(17(22)12-15)28-13(2)3/h5-10,12-13H,4,11H2,1-3H3,(H2,23,24,25,29). The molecule has 2 rings (SSSR count). The highest BCUT2D eigenvalue weighted by Gasteiger charge is 2.12. The van der Waals surface area contributed by atoms with Crippen molar-refractivity contribution in [2.75, 3.05) is 11.9 Å². The molecule has 0 aliphatic heterocycles. The number of amides is 1. The molecule has 0 radical (unpaired) electrons. The summed E-state index contributed by atoms with van der Waals surface area (Å²) in [7, 11) is 0. The van der Waals surface area contributed by atoms with Crippen molar-refractivity contribution in [1.82, 2.24) is 5.32 Å². The summed E-state index contributed by atoms with van der Waals surface area (Å²) < 4.78 is 11.4. The lowest BCUT2D eigenvalue weighted by Crippen LogP contribution is -2.34. The average molecular weight is 479 g/mol. The molecule has 0 aliphatic carbocycles. The predicted octanol–water partition coefficient (Wildman–Crippen LogP) is 4.93. The van der Waals surface area contributed by atoms with E-state index in [-0.39, 0.29) is 23.1 Å². The van der Waals surface area contributed by atoms with Crippen molar-refractivity contribution in [3.63, 3.8) is 0 Å². The van der Waals surface area contributed by atoms with Gasteiger partial charge in [0, 0.05) is 11.3 Å². The van der Waals surface area contributed by atoms with Crippen LogP contribution in [-0.4, -0.2) is 29.7 Å². The number of hydrogen-bond acceptors (Lipinski definition) is 5. The third kappa shape index (κ3) is 7.14. The molecule has 0 saturated carbocycles. The van der Waals surface area contributed by atoms with E-state index in [2.05, 4.69) is 26.6 Å². The zero-order valence-corrected chi connectivity index (χ0v) is 18.9. The van der Waals surface area contributed by atoms with Crippen molar-refractivity contribution in [3.8, 4) is 5.75 Å². The van der Waals surface area contributed by atoms with E-state index in [1.807, 2.05) is 20.8 Å². The number of nitrogens with one attached hydrogen (secondary N) is 2. The van der Waals surface area contributed by atoms with Crippen LogP contribution in [-0.2, 0) is 4.74 Å². The molecule has 0 fully saturated rings. The van der Waals surface area contributed by atoms with Gasteiger partial charge in [-0.25, -0.2) is 4.79 Å². The number of ether oxygens (including phenoxy) is 2. The van der Waals surface area contributed by atoms with E-state index in [0.717, 1.165) is 6.42 Å². The number of thiocarbonyl (C=S) groups is 1. The molecule has 0 bridgehead atoms. The van der Waals surface area contributed by atoms with Crippen molar-refractivity contribution >= 4 is 50.8 Å². The van der Waals surface area contributed by atoms with Gasteiger partial charge in [-0.15, -0.1) is 0 Å².